The van der Waals surface area contributed by atoms with Gasteiger partial charge in [-0.25, -0.2) is 13.6 Å². The molecule has 5 nitrogen and oxygen atoms in total. The van der Waals surface area contributed by atoms with Crippen LogP contribution in [0.3, 0.4) is 0 Å². The van der Waals surface area contributed by atoms with Crippen LogP contribution in [0.2, 0.25) is 0 Å². The lowest BCUT2D eigenvalue weighted by Gasteiger charge is -2.20. The Morgan fingerprint density at radius 1 is 1.21 bits per heavy atom. The van der Waals surface area contributed by atoms with Gasteiger partial charge in [-0.15, -0.1) is 23.2 Å². The highest BCUT2D eigenvalue weighted by atomic mass is 35.5. The summed E-state index contributed by atoms with van der Waals surface area (Å²) < 4.78 is 22.2. The summed E-state index contributed by atoms with van der Waals surface area (Å²) in [7, 11) is -3.77. The van der Waals surface area contributed by atoms with E-state index in [1.807, 2.05) is 0 Å². The van der Waals surface area contributed by atoms with E-state index in [9.17, 15) is 13.2 Å². The molecule has 0 aliphatic heterocycles. The molecule has 1 aromatic rings. The Kier molecular flexibility index (Phi) is 5.61. The molecule has 1 aromatic carbocycles. The monoisotopic (exact) mass is 325 g/mol. The number of alkyl halides is 2. The first-order valence-corrected chi connectivity index (χ1v) is 7.90. The van der Waals surface area contributed by atoms with Crippen LogP contribution in [0.15, 0.2) is 29.2 Å². The highest BCUT2D eigenvalue weighted by Gasteiger charge is 2.28. The zero-order chi connectivity index (χ0) is 14.6. The average molecular weight is 326 g/mol. The van der Waals surface area contributed by atoms with Gasteiger partial charge in [0.05, 0.1) is 10.8 Å². The van der Waals surface area contributed by atoms with E-state index in [-0.39, 0.29) is 16.7 Å². The largest absolute Gasteiger partial charge is 0.481 e. The van der Waals surface area contributed by atoms with E-state index in [1.54, 1.807) is 0 Å². The van der Waals surface area contributed by atoms with Gasteiger partial charge in [0, 0.05) is 17.7 Å². The maximum absolute atomic E-state index is 11.1. The van der Waals surface area contributed by atoms with Gasteiger partial charge in [0.25, 0.3) is 0 Å². The van der Waals surface area contributed by atoms with Gasteiger partial charge in [-0.2, -0.15) is 0 Å². The van der Waals surface area contributed by atoms with Gasteiger partial charge in [0.15, 0.2) is 0 Å². The Hall–Kier alpha value is -0.820. The van der Waals surface area contributed by atoms with Crippen LogP contribution in [-0.4, -0.2) is 31.3 Å². The zero-order valence-electron chi connectivity index (χ0n) is 9.79. The predicted octanol–water partition coefficient (Wildman–Crippen LogP) is 1.60. The van der Waals surface area contributed by atoms with Gasteiger partial charge in [0.2, 0.25) is 10.0 Å². The van der Waals surface area contributed by atoms with E-state index in [0.29, 0.717) is 5.56 Å². The number of primary sulfonamides is 1. The van der Waals surface area contributed by atoms with E-state index in [4.69, 9.17) is 33.4 Å². The van der Waals surface area contributed by atoms with Gasteiger partial charge >= 0.3 is 5.97 Å². The second kappa shape index (κ2) is 6.56. The summed E-state index contributed by atoms with van der Waals surface area (Å²) in [5.74, 6) is -2.39. The van der Waals surface area contributed by atoms with Crippen molar-refractivity contribution in [3.63, 3.8) is 0 Å². The summed E-state index contributed by atoms with van der Waals surface area (Å²) in [5, 5.41) is 14.0. The Balaban J connectivity index is 3.10. The number of hydrogen-bond acceptors (Lipinski definition) is 3. The van der Waals surface area contributed by atoms with Crippen molar-refractivity contribution in [1.29, 1.82) is 0 Å². The minimum Gasteiger partial charge on any atom is -0.481 e. The third-order valence-corrected chi connectivity index (χ3v) is 4.37. The number of aliphatic carboxylic acids is 1. The minimum atomic E-state index is -3.77. The summed E-state index contributed by atoms with van der Waals surface area (Å²) in [5.41, 5.74) is 0.607. The Labute approximate surface area is 121 Å². The second-order valence-corrected chi connectivity index (χ2v) is 6.15. The summed E-state index contributed by atoms with van der Waals surface area (Å²) in [6.07, 6.45) is 0. The fourth-order valence-corrected chi connectivity index (χ4v) is 2.94. The van der Waals surface area contributed by atoms with Crippen molar-refractivity contribution in [3.05, 3.63) is 29.8 Å². The highest BCUT2D eigenvalue weighted by molar-refractivity contribution is 7.89. The summed E-state index contributed by atoms with van der Waals surface area (Å²) in [6.45, 7) is 0. The standard InChI is InChI=1S/C11H13Cl2NO4S/c12-5-9(10(6-13)11(15)16)7-1-3-8(4-2-7)19(14,17)18/h1-4,9-10H,5-6H2,(H,15,16)(H2,14,17,18). The van der Waals surface area contributed by atoms with Crippen LogP contribution in [0.5, 0.6) is 0 Å². The number of benzene rings is 1. The SMILES string of the molecule is NS(=O)(=O)c1ccc(C(CCl)C(CCl)C(=O)O)cc1. The Morgan fingerprint density at radius 2 is 1.74 bits per heavy atom. The summed E-state index contributed by atoms with van der Waals surface area (Å²) >= 11 is 11.4. The van der Waals surface area contributed by atoms with Crippen molar-refractivity contribution in [1.82, 2.24) is 0 Å². The number of carboxylic acid groups (broad SMARTS) is 1. The maximum atomic E-state index is 11.1. The molecule has 2 atom stereocenters. The molecule has 0 radical (unpaired) electrons. The first-order valence-electron chi connectivity index (χ1n) is 5.28. The highest BCUT2D eigenvalue weighted by Crippen LogP contribution is 2.28. The van der Waals surface area contributed by atoms with Crippen molar-refractivity contribution in [2.75, 3.05) is 11.8 Å². The van der Waals surface area contributed by atoms with Crippen LogP contribution in [0.4, 0.5) is 0 Å². The summed E-state index contributed by atoms with van der Waals surface area (Å²) in [4.78, 5) is 11.0. The number of nitrogens with two attached hydrogens (primary N) is 1. The molecular weight excluding hydrogens is 313 g/mol. The molecule has 0 aliphatic carbocycles. The first kappa shape index (κ1) is 16.2. The van der Waals surface area contributed by atoms with Gasteiger partial charge < -0.3 is 5.11 Å². The number of carbonyl (C=O) groups is 1. The molecule has 0 aliphatic rings. The molecule has 19 heavy (non-hydrogen) atoms. The fraction of sp³-hybridized carbons (Fsp3) is 0.364. The van der Waals surface area contributed by atoms with E-state index in [1.165, 1.54) is 24.3 Å². The molecule has 1 rings (SSSR count). The molecule has 2 unspecified atom stereocenters. The van der Waals surface area contributed by atoms with Crippen LogP contribution in [0.1, 0.15) is 11.5 Å². The third-order valence-electron chi connectivity index (χ3n) is 2.77. The molecule has 0 heterocycles. The molecule has 0 fully saturated rings. The fourth-order valence-electron chi connectivity index (χ4n) is 1.68. The predicted molar refractivity (Wildman–Crippen MR) is 73.1 cm³/mol. The van der Waals surface area contributed by atoms with Crippen molar-refractivity contribution in [3.8, 4) is 0 Å². The van der Waals surface area contributed by atoms with Crippen LogP contribution in [0.25, 0.3) is 0 Å². The molecule has 0 spiro atoms. The van der Waals surface area contributed by atoms with Gasteiger partial charge in [-0.3, -0.25) is 4.79 Å². The molecule has 106 valence electrons. The normalized spacial score (nSPS) is 14.9. The third kappa shape index (κ3) is 4.07. The number of carboxylic acids is 1. The molecule has 3 N–H and O–H groups in total. The van der Waals surface area contributed by atoms with Crippen LogP contribution in [-0.2, 0) is 14.8 Å². The van der Waals surface area contributed by atoms with Gasteiger partial charge in [0.1, 0.15) is 0 Å². The Bertz CT molecular complexity index is 544. The molecule has 0 saturated heterocycles. The van der Waals surface area contributed by atoms with Crippen molar-refractivity contribution < 1.29 is 18.3 Å². The smallest absolute Gasteiger partial charge is 0.308 e. The van der Waals surface area contributed by atoms with Crippen LogP contribution in [0, 0.1) is 5.92 Å². The quantitative estimate of drug-likeness (QED) is 0.776. The Morgan fingerprint density at radius 3 is 2.05 bits per heavy atom. The molecule has 0 bridgehead atoms. The first-order chi connectivity index (χ1) is 8.81. The molecule has 0 amide bonds. The lowest BCUT2D eigenvalue weighted by atomic mass is 9.89. The topological polar surface area (TPSA) is 97.5 Å². The van der Waals surface area contributed by atoms with E-state index in [0.717, 1.165) is 0 Å². The number of hydrogen-bond donors (Lipinski definition) is 2. The lowest BCUT2D eigenvalue weighted by molar-refractivity contribution is -0.141. The molecular formula is C11H13Cl2NO4S. The van der Waals surface area contributed by atoms with Crippen LogP contribution >= 0.6 is 23.2 Å². The van der Waals surface area contributed by atoms with E-state index in [2.05, 4.69) is 0 Å². The number of sulfonamides is 1. The maximum Gasteiger partial charge on any atom is 0.308 e. The lowest BCUT2D eigenvalue weighted by Crippen LogP contribution is -2.25. The van der Waals surface area contributed by atoms with Gasteiger partial charge in [-0.05, 0) is 17.7 Å². The molecule has 8 heteroatoms. The van der Waals surface area contributed by atoms with Crippen molar-refractivity contribution >= 4 is 39.2 Å². The molecule has 0 aromatic heterocycles. The second-order valence-electron chi connectivity index (χ2n) is 3.97. The van der Waals surface area contributed by atoms with E-state index >= 15 is 0 Å². The minimum absolute atomic E-state index is 0.0395. The molecule has 0 saturated carbocycles. The zero-order valence-corrected chi connectivity index (χ0v) is 12.1. The van der Waals surface area contributed by atoms with Crippen molar-refractivity contribution in [2.24, 2.45) is 11.1 Å². The summed E-state index contributed by atoms with van der Waals surface area (Å²) in [6, 6.07) is 5.62. The number of halogens is 2. The van der Waals surface area contributed by atoms with Crippen molar-refractivity contribution in [2.45, 2.75) is 10.8 Å². The van der Waals surface area contributed by atoms with Gasteiger partial charge in [-0.1, -0.05) is 12.1 Å². The van der Waals surface area contributed by atoms with E-state index < -0.39 is 27.8 Å². The van der Waals surface area contributed by atoms with Crippen LogP contribution < -0.4 is 5.14 Å². The number of rotatable bonds is 6. The average Bonchev–Trinajstić information content (AvgIpc) is 2.34.